The molecule has 0 aliphatic heterocycles. The smallest absolute Gasteiger partial charge is 0.490 e. The summed E-state index contributed by atoms with van der Waals surface area (Å²) in [5.74, 6) is -4.46. The Labute approximate surface area is 197 Å². The molecule has 4 rings (SSSR count). The summed E-state index contributed by atoms with van der Waals surface area (Å²) in [6.07, 6.45) is -4.10. The number of anilines is 4. The fourth-order valence-corrected chi connectivity index (χ4v) is 2.81. The number of nitrogens with zero attached hydrogens (tertiary/aromatic N) is 2. The standard InChI is InChI=1S/C19H15F2N5O3.C2HF3O2/c1-9-3-10(5-12(4-9)28-2)24-18-22-8-14(21)17(26-18)23-11-6-13(20)16-15(7-11)25-19(27)29-16;3-2(4,5)1(6)7/h3-8H,1-2H3,(H,25,27)(H2,22,23,24,26);(H,6,7). The molecule has 0 spiro atoms. The van der Waals surface area contributed by atoms with E-state index in [0.29, 0.717) is 11.4 Å². The number of rotatable bonds is 5. The van der Waals surface area contributed by atoms with Crippen LogP contribution in [-0.2, 0) is 4.79 Å². The Kier molecular flexibility index (Phi) is 7.41. The van der Waals surface area contributed by atoms with Crippen LogP contribution in [-0.4, -0.2) is 39.3 Å². The number of halogens is 5. The van der Waals surface area contributed by atoms with Gasteiger partial charge in [0.1, 0.15) is 5.75 Å². The number of aromatic amines is 1. The summed E-state index contributed by atoms with van der Waals surface area (Å²) >= 11 is 0. The summed E-state index contributed by atoms with van der Waals surface area (Å²) in [6.45, 7) is 1.90. The number of aryl methyl sites for hydroxylation is 1. The van der Waals surface area contributed by atoms with Gasteiger partial charge in [-0.1, -0.05) is 0 Å². The van der Waals surface area contributed by atoms with Crippen LogP contribution >= 0.6 is 0 Å². The van der Waals surface area contributed by atoms with Crippen LogP contribution in [0.5, 0.6) is 5.75 Å². The lowest BCUT2D eigenvalue weighted by Crippen LogP contribution is -2.21. The first kappa shape index (κ1) is 25.9. The van der Waals surface area contributed by atoms with Gasteiger partial charge in [-0.25, -0.2) is 23.4 Å². The molecule has 0 fully saturated rings. The predicted octanol–water partition coefficient (Wildman–Crippen LogP) is 4.63. The van der Waals surface area contributed by atoms with E-state index >= 15 is 0 Å². The van der Waals surface area contributed by atoms with E-state index in [1.807, 2.05) is 19.1 Å². The largest absolute Gasteiger partial charge is 0.497 e. The van der Waals surface area contributed by atoms with Crippen LogP contribution in [0.25, 0.3) is 11.1 Å². The van der Waals surface area contributed by atoms with Crippen LogP contribution in [0, 0.1) is 18.6 Å². The second kappa shape index (κ2) is 10.3. The number of H-pyrrole nitrogens is 1. The summed E-state index contributed by atoms with van der Waals surface area (Å²) in [5.41, 5.74) is 1.71. The molecule has 36 heavy (non-hydrogen) atoms. The van der Waals surface area contributed by atoms with Crippen LogP contribution in [0.3, 0.4) is 0 Å². The molecule has 0 radical (unpaired) electrons. The zero-order chi connectivity index (χ0) is 26.6. The van der Waals surface area contributed by atoms with E-state index in [1.54, 1.807) is 13.2 Å². The zero-order valence-electron chi connectivity index (χ0n) is 18.3. The lowest BCUT2D eigenvalue weighted by atomic mass is 10.2. The number of hydrogen-bond acceptors (Lipinski definition) is 8. The maximum atomic E-state index is 14.2. The fourth-order valence-electron chi connectivity index (χ4n) is 2.81. The van der Waals surface area contributed by atoms with Crippen molar-refractivity contribution >= 4 is 40.2 Å². The minimum atomic E-state index is -5.08. The summed E-state index contributed by atoms with van der Waals surface area (Å²) in [5, 5.41) is 12.8. The lowest BCUT2D eigenvalue weighted by Gasteiger charge is -2.11. The van der Waals surface area contributed by atoms with Crippen LogP contribution < -0.4 is 21.1 Å². The molecule has 0 atom stereocenters. The van der Waals surface area contributed by atoms with Gasteiger partial charge in [0.05, 0.1) is 18.8 Å². The molecule has 15 heteroatoms. The molecule has 2 aromatic heterocycles. The van der Waals surface area contributed by atoms with Gasteiger partial charge >= 0.3 is 17.9 Å². The van der Waals surface area contributed by atoms with Gasteiger partial charge in [-0.2, -0.15) is 18.2 Å². The topological polar surface area (TPSA) is 142 Å². The number of fused-ring (bicyclic) bond motifs is 1. The summed E-state index contributed by atoms with van der Waals surface area (Å²) < 4.78 is 70.0. The van der Waals surface area contributed by atoms with E-state index < -0.39 is 29.5 Å². The van der Waals surface area contributed by atoms with Crippen LogP contribution in [0.2, 0.25) is 0 Å². The molecule has 10 nitrogen and oxygen atoms in total. The van der Waals surface area contributed by atoms with E-state index in [-0.39, 0.29) is 28.6 Å². The van der Waals surface area contributed by atoms with Crippen LogP contribution in [0.15, 0.2) is 45.7 Å². The van der Waals surface area contributed by atoms with Crippen molar-refractivity contribution in [2.45, 2.75) is 13.1 Å². The van der Waals surface area contributed by atoms with Crippen LogP contribution in [0.1, 0.15) is 5.56 Å². The van der Waals surface area contributed by atoms with Crippen molar-refractivity contribution in [3.63, 3.8) is 0 Å². The average Bonchev–Trinajstić information content (AvgIpc) is 3.16. The Morgan fingerprint density at radius 3 is 2.39 bits per heavy atom. The maximum Gasteiger partial charge on any atom is 0.490 e. The number of aliphatic carboxylic acids is 1. The number of carbonyl (C=O) groups is 1. The molecule has 0 saturated carbocycles. The van der Waals surface area contributed by atoms with Gasteiger partial charge in [0.2, 0.25) is 5.95 Å². The first-order chi connectivity index (χ1) is 16.8. The maximum absolute atomic E-state index is 14.2. The third-order valence-electron chi connectivity index (χ3n) is 4.27. The molecule has 2 aromatic carbocycles. The third-order valence-corrected chi connectivity index (χ3v) is 4.27. The summed E-state index contributed by atoms with van der Waals surface area (Å²) in [7, 11) is 1.55. The van der Waals surface area contributed by atoms with Gasteiger partial charge in [0, 0.05) is 23.5 Å². The Morgan fingerprint density at radius 2 is 1.75 bits per heavy atom. The molecule has 0 saturated heterocycles. The first-order valence-electron chi connectivity index (χ1n) is 9.70. The Hall–Kier alpha value is -4.69. The second-order valence-corrected chi connectivity index (χ2v) is 7.03. The van der Waals surface area contributed by atoms with Gasteiger partial charge in [0.25, 0.3) is 0 Å². The van der Waals surface area contributed by atoms with Crippen molar-refractivity contribution < 1.29 is 41.0 Å². The molecule has 0 aliphatic carbocycles. The highest BCUT2D eigenvalue weighted by Gasteiger charge is 2.38. The van der Waals surface area contributed by atoms with Gasteiger partial charge in [0.15, 0.2) is 23.0 Å². The zero-order valence-corrected chi connectivity index (χ0v) is 18.3. The third kappa shape index (κ3) is 6.46. The SMILES string of the molecule is COc1cc(C)cc(Nc2ncc(F)c(Nc3cc(F)c4oc(=O)[nH]c4c3)n2)c1.O=C(O)C(F)(F)F. The number of nitrogens with one attached hydrogen (secondary N) is 3. The second-order valence-electron chi connectivity index (χ2n) is 7.03. The number of ether oxygens (including phenoxy) is 1. The number of hydrogen-bond donors (Lipinski definition) is 4. The highest BCUT2D eigenvalue weighted by molar-refractivity contribution is 5.79. The molecule has 0 aliphatic rings. The highest BCUT2D eigenvalue weighted by atomic mass is 19.4. The summed E-state index contributed by atoms with van der Waals surface area (Å²) in [4.78, 5) is 30.5. The Morgan fingerprint density at radius 1 is 1.08 bits per heavy atom. The van der Waals surface area contributed by atoms with Gasteiger partial charge in [-0.05, 0) is 30.7 Å². The Bertz CT molecular complexity index is 1470. The number of aromatic nitrogens is 3. The minimum absolute atomic E-state index is 0.125. The summed E-state index contributed by atoms with van der Waals surface area (Å²) in [6, 6.07) is 7.92. The van der Waals surface area contributed by atoms with Crippen molar-refractivity contribution in [2.75, 3.05) is 17.7 Å². The quantitative estimate of drug-likeness (QED) is 0.281. The molecular formula is C21H16F5N5O5. The number of oxazole rings is 1. The van der Waals surface area contributed by atoms with Crippen molar-refractivity contribution in [2.24, 2.45) is 0 Å². The molecule has 4 N–H and O–H groups in total. The van der Waals surface area contributed by atoms with E-state index in [9.17, 15) is 26.7 Å². The molecule has 4 aromatic rings. The van der Waals surface area contributed by atoms with Gasteiger partial charge in [-0.3, -0.25) is 4.98 Å². The number of methoxy groups -OCH3 is 1. The number of carboxylic acid groups (broad SMARTS) is 1. The number of alkyl halides is 3. The van der Waals surface area contributed by atoms with E-state index in [0.717, 1.165) is 17.8 Å². The van der Waals surface area contributed by atoms with Gasteiger partial charge < -0.3 is 24.9 Å². The first-order valence-corrected chi connectivity index (χ1v) is 9.70. The molecular weight excluding hydrogens is 497 g/mol. The monoisotopic (exact) mass is 513 g/mol. The Balaban J connectivity index is 0.000000454. The molecule has 0 amide bonds. The van der Waals surface area contributed by atoms with Crippen molar-refractivity contribution in [1.29, 1.82) is 0 Å². The van der Waals surface area contributed by atoms with Crippen molar-refractivity contribution in [3.8, 4) is 5.75 Å². The van der Waals surface area contributed by atoms with E-state index in [1.165, 1.54) is 6.07 Å². The van der Waals surface area contributed by atoms with Crippen LogP contribution in [0.4, 0.5) is 45.1 Å². The van der Waals surface area contributed by atoms with Crippen molar-refractivity contribution in [3.05, 3.63) is 64.3 Å². The van der Waals surface area contributed by atoms with Gasteiger partial charge in [-0.15, -0.1) is 0 Å². The molecule has 190 valence electrons. The predicted molar refractivity (Wildman–Crippen MR) is 117 cm³/mol. The van der Waals surface area contributed by atoms with Crippen molar-refractivity contribution in [1.82, 2.24) is 15.0 Å². The fraction of sp³-hybridized carbons (Fsp3) is 0.143. The number of carboxylic acids is 1. The molecule has 0 unspecified atom stereocenters. The normalized spacial score (nSPS) is 11.0. The molecule has 2 heterocycles. The average molecular weight is 513 g/mol. The van der Waals surface area contributed by atoms with E-state index in [4.69, 9.17) is 19.1 Å². The minimum Gasteiger partial charge on any atom is -0.497 e. The highest BCUT2D eigenvalue weighted by Crippen LogP contribution is 2.26. The number of benzene rings is 2. The van der Waals surface area contributed by atoms with E-state index in [2.05, 4.69) is 25.6 Å². The lowest BCUT2D eigenvalue weighted by molar-refractivity contribution is -0.192. The molecule has 0 bridgehead atoms.